The van der Waals surface area contributed by atoms with E-state index in [1.54, 1.807) is 13.8 Å². The van der Waals surface area contributed by atoms with Gasteiger partial charge >= 0.3 is 0 Å². The number of H-pyrrole nitrogens is 1. The minimum absolute atomic E-state index is 0.0616. The van der Waals surface area contributed by atoms with Gasteiger partial charge in [-0.25, -0.2) is 8.42 Å². The number of nitrogens with one attached hydrogen (secondary N) is 1. The molecule has 148 valence electrons. The van der Waals surface area contributed by atoms with E-state index in [1.807, 2.05) is 4.90 Å². The van der Waals surface area contributed by atoms with Crippen LogP contribution < -0.4 is 0 Å². The SMILES string of the molecule is CCCC(CCC)C(=O)N1CCCN(S(=O)(=O)c2c(C)n[nH]c2C)CC1. The number of amides is 1. The van der Waals surface area contributed by atoms with E-state index in [0.29, 0.717) is 44.0 Å². The lowest BCUT2D eigenvalue weighted by atomic mass is 9.96. The topological polar surface area (TPSA) is 86.4 Å². The van der Waals surface area contributed by atoms with Gasteiger partial charge in [0.2, 0.25) is 15.9 Å². The molecular formula is C18H32N4O3S. The van der Waals surface area contributed by atoms with Crippen molar-refractivity contribution >= 4 is 15.9 Å². The largest absolute Gasteiger partial charge is 0.341 e. The van der Waals surface area contributed by atoms with Crippen molar-refractivity contribution in [1.29, 1.82) is 0 Å². The van der Waals surface area contributed by atoms with Crippen LogP contribution in [0.1, 0.15) is 57.3 Å². The Balaban J connectivity index is 2.11. The quantitative estimate of drug-likeness (QED) is 0.782. The molecule has 0 aromatic carbocycles. The zero-order chi connectivity index (χ0) is 19.3. The number of carbonyl (C=O) groups is 1. The maximum atomic E-state index is 13.0. The number of aromatic nitrogens is 2. The van der Waals surface area contributed by atoms with Gasteiger partial charge in [0.1, 0.15) is 4.90 Å². The summed E-state index contributed by atoms with van der Waals surface area (Å²) in [5, 5.41) is 6.76. The zero-order valence-electron chi connectivity index (χ0n) is 16.4. The summed E-state index contributed by atoms with van der Waals surface area (Å²) in [5.41, 5.74) is 1.05. The van der Waals surface area contributed by atoms with Crippen LogP contribution >= 0.6 is 0 Å². The maximum Gasteiger partial charge on any atom is 0.246 e. The number of aryl methyl sites for hydroxylation is 2. The van der Waals surface area contributed by atoms with Crippen molar-refractivity contribution in [2.75, 3.05) is 26.2 Å². The molecule has 0 unspecified atom stereocenters. The summed E-state index contributed by atoms with van der Waals surface area (Å²) >= 11 is 0. The molecular weight excluding hydrogens is 352 g/mol. The molecule has 1 aliphatic rings. The van der Waals surface area contributed by atoms with Crippen molar-refractivity contribution in [2.24, 2.45) is 5.92 Å². The number of sulfonamides is 1. The van der Waals surface area contributed by atoms with Crippen molar-refractivity contribution < 1.29 is 13.2 Å². The second kappa shape index (κ2) is 8.99. The molecule has 0 radical (unpaired) electrons. The second-order valence-corrected chi connectivity index (χ2v) is 9.00. The molecule has 0 atom stereocenters. The number of carbonyl (C=O) groups excluding carboxylic acids is 1. The molecule has 0 saturated carbocycles. The van der Waals surface area contributed by atoms with Gasteiger partial charge in [-0.3, -0.25) is 9.89 Å². The van der Waals surface area contributed by atoms with Gasteiger partial charge in [0.25, 0.3) is 0 Å². The molecule has 1 aromatic rings. The van der Waals surface area contributed by atoms with Crippen LogP contribution in [0.3, 0.4) is 0 Å². The Morgan fingerprint density at radius 3 is 2.31 bits per heavy atom. The molecule has 0 bridgehead atoms. The minimum atomic E-state index is -3.59. The molecule has 0 aliphatic carbocycles. The normalized spacial score (nSPS) is 16.9. The molecule has 7 nitrogen and oxygen atoms in total. The molecule has 1 N–H and O–H groups in total. The lowest BCUT2D eigenvalue weighted by molar-refractivity contribution is -0.135. The summed E-state index contributed by atoms with van der Waals surface area (Å²) in [5.74, 6) is 0.245. The third-order valence-corrected chi connectivity index (χ3v) is 7.21. The smallest absolute Gasteiger partial charge is 0.246 e. The molecule has 1 aliphatic heterocycles. The van der Waals surface area contributed by atoms with Gasteiger partial charge in [0.05, 0.1) is 11.4 Å². The monoisotopic (exact) mass is 384 g/mol. The molecule has 8 heteroatoms. The Labute approximate surface area is 157 Å². The maximum absolute atomic E-state index is 13.0. The van der Waals surface area contributed by atoms with E-state index in [9.17, 15) is 13.2 Å². The summed E-state index contributed by atoms with van der Waals surface area (Å²) in [6.07, 6.45) is 4.44. The van der Waals surface area contributed by atoms with Crippen LogP contribution in [0.5, 0.6) is 0 Å². The fraction of sp³-hybridized carbons (Fsp3) is 0.778. The van der Waals surface area contributed by atoms with Crippen molar-refractivity contribution in [1.82, 2.24) is 19.4 Å². The minimum Gasteiger partial charge on any atom is -0.341 e. The molecule has 1 saturated heterocycles. The summed E-state index contributed by atoms with van der Waals surface area (Å²) in [6, 6.07) is 0. The fourth-order valence-corrected chi connectivity index (χ4v) is 5.55. The van der Waals surface area contributed by atoms with Crippen LogP contribution in [0.15, 0.2) is 4.90 Å². The first-order valence-corrected chi connectivity index (χ1v) is 11.1. The van der Waals surface area contributed by atoms with Gasteiger partial charge in [0, 0.05) is 32.1 Å². The van der Waals surface area contributed by atoms with E-state index in [4.69, 9.17) is 0 Å². The van der Waals surface area contributed by atoms with Crippen molar-refractivity contribution in [2.45, 2.75) is 64.7 Å². The Kier molecular flexibility index (Phi) is 7.23. The molecule has 0 spiro atoms. The predicted octanol–water partition coefficient (Wildman–Crippen LogP) is 2.47. The van der Waals surface area contributed by atoms with E-state index in [1.165, 1.54) is 4.31 Å². The van der Waals surface area contributed by atoms with E-state index in [0.717, 1.165) is 25.7 Å². The molecule has 1 amide bonds. The van der Waals surface area contributed by atoms with Crippen molar-refractivity contribution in [3.63, 3.8) is 0 Å². The molecule has 1 aromatic heterocycles. The van der Waals surface area contributed by atoms with Crippen LogP contribution in [0.4, 0.5) is 0 Å². The standard InChI is InChI=1S/C18H32N4O3S/c1-5-8-16(9-6-2)18(23)21-10-7-11-22(13-12-21)26(24,25)17-14(3)19-20-15(17)4/h16H,5-13H2,1-4H3,(H,19,20). The molecule has 26 heavy (non-hydrogen) atoms. The predicted molar refractivity (Wildman–Crippen MR) is 101 cm³/mol. The number of aromatic amines is 1. The van der Waals surface area contributed by atoms with Gasteiger partial charge in [-0.15, -0.1) is 0 Å². The number of hydrogen-bond acceptors (Lipinski definition) is 4. The molecule has 2 heterocycles. The van der Waals surface area contributed by atoms with Crippen LogP contribution in [0.25, 0.3) is 0 Å². The number of nitrogens with zero attached hydrogens (tertiary/aromatic N) is 3. The Morgan fingerprint density at radius 2 is 1.77 bits per heavy atom. The van der Waals surface area contributed by atoms with E-state index in [2.05, 4.69) is 24.0 Å². The fourth-order valence-electron chi connectivity index (χ4n) is 3.75. The average molecular weight is 385 g/mol. The zero-order valence-corrected chi connectivity index (χ0v) is 17.2. The summed E-state index contributed by atoms with van der Waals surface area (Å²) in [4.78, 5) is 15.0. The van der Waals surface area contributed by atoms with Gasteiger partial charge in [-0.1, -0.05) is 26.7 Å². The van der Waals surface area contributed by atoms with Crippen LogP contribution in [-0.4, -0.2) is 59.9 Å². The first-order valence-electron chi connectivity index (χ1n) is 9.63. The first-order chi connectivity index (χ1) is 12.3. The summed E-state index contributed by atoms with van der Waals surface area (Å²) < 4.78 is 27.5. The summed E-state index contributed by atoms with van der Waals surface area (Å²) in [7, 11) is -3.59. The third kappa shape index (κ3) is 4.46. The first kappa shape index (κ1) is 20.9. The van der Waals surface area contributed by atoms with Gasteiger partial charge in [0.15, 0.2) is 0 Å². The number of hydrogen-bond donors (Lipinski definition) is 1. The third-order valence-electron chi connectivity index (χ3n) is 5.05. The Hall–Kier alpha value is -1.41. The highest BCUT2D eigenvalue weighted by Crippen LogP contribution is 2.24. The Bertz CT molecular complexity index is 689. The van der Waals surface area contributed by atoms with Crippen molar-refractivity contribution in [3.8, 4) is 0 Å². The lowest BCUT2D eigenvalue weighted by Crippen LogP contribution is -2.40. The number of rotatable bonds is 7. The average Bonchev–Trinajstić information content (AvgIpc) is 2.80. The summed E-state index contributed by atoms with van der Waals surface area (Å²) in [6.45, 7) is 9.47. The highest BCUT2D eigenvalue weighted by atomic mass is 32.2. The van der Waals surface area contributed by atoms with Gasteiger partial charge in [-0.2, -0.15) is 9.40 Å². The molecule has 2 rings (SSSR count). The van der Waals surface area contributed by atoms with Crippen LogP contribution in [-0.2, 0) is 14.8 Å². The van der Waals surface area contributed by atoms with E-state index in [-0.39, 0.29) is 16.7 Å². The lowest BCUT2D eigenvalue weighted by Gasteiger charge is -2.26. The van der Waals surface area contributed by atoms with Gasteiger partial charge < -0.3 is 4.90 Å². The van der Waals surface area contributed by atoms with Crippen LogP contribution in [0, 0.1) is 19.8 Å². The van der Waals surface area contributed by atoms with Gasteiger partial charge in [-0.05, 0) is 33.1 Å². The van der Waals surface area contributed by atoms with E-state index >= 15 is 0 Å². The van der Waals surface area contributed by atoms with Crippen LogP contribution in [0.2, 0.25) is 0 Å². The molecule has 1 fully saturated rings. The Morgan fingerprint density at radius 1 is 1.12 bits per heavy atom. The van der Waals surface area contributed by atoms with E-state index < -0.39 is 10.0 Å². The highest BCUT2D eigenvalue weighted by Gasteiger charge is 2.32. The highest BCUT2D eigenvalue weighted by molar-refractivity contribution is 7.89. The van der Waals surface area contributed by atoms with Crippen molar-refractivity contribution in [3.05, 3.63) is 11.4 Å². The second-order valence-electron chi connectivity index (χ2n) is 7.12.